The SMILES string of the molecule is O=C1CCCN1C[C@H]1CN(C(=O)NC2CCCC2)Cc2nccn2C1. The van der Waals surface area contributed by atoms with Crippen LogP contribution in [0.3, 0.4) is 0 Å². The maximum atomic E-state index is 12.8. The van der Waals surface area contributed by atoms with E-state index >= 15 is 0 Å². The van der Waals surface area contributed by atoms with Crippen LogP contribution in [-0.4, -0.2) is 57.0 Å². The number of carbonyl (C=O) groups excluding carboxylic acids is 2. The van der Waals surface area contributed by atoms with Crippen LogP contribution in [0.4, 0.5) is 4.79 Å². The number of nitrogens with one attached hydrogen (secondary N) is 1. The van der Waals surface area contributed by atoms with Crippen molar-refractivity contribution in [2.24, 2.45) is 5.92 Å². The van der Waals surface area contributed by atoms with Crippen LogP contribution >= 0.6 is 0 Å². The van der Waals surface area contributed by atoms with Gasteiger partial charge >= 0.3 is 6.03 Å². The highest BCUT2D eigenvalue weighted by Crippen LogP contribution is 2.21. The summed E-state index contributed by atoms with van der Waals surface area (Å²) in [4.78, 5) is 33.0. The second-order valence-corrected chi connectivity index (χ2v) is 7.62. The third kappa shape index (κ3) is 3.65. The summed E-state index contributed by atoms with van der Waals surface area (Å²) in [5.74, 6) is 1.42. The third-order valence-electron chi connectivity index (χ3n) is 5.69. The molecule has 3 amide bonds. The molecule has 1 N–H and O–H groups in total. The summed E-state index contributed by atoms with van der Waals surface area (Å²) in [6, 6.07) is 0.329. The Bertz CT molecular complexity index is 637. The first-order chi connectivity index (χ1) is 12.2. The average Bonchev–Trinajstić information content (AvgIpc) is 3.31. The molecule has 0 unspecified atom stereocenters. The summed E-state index contributed by atoms with van der Waals surface area (Å²) in [5.41, 5.74) is 0. The average molecular weight is 345 g/mol. The fourth-order valence-electron chi connectivity index (χ4n) is 4.36. The number of rotatable bonds is 3. The van der Waals surface area contributed by atoms with Gasteiger partial charge in [0.15, 0.2) is 0 Å². The van der Waals surface area contributed by atoms with Crippen molar-refractivity contribution in [1.82, 2.24) is 24.7 Å². The first kappa shape index (κ1) is 16.4. The maximum Gasteiger partial charge on any atom is 0.318 e. The second kappa shape index (κ2) is 7.06. The van der Waals surface area contributed by atoms with E-state index in [-0.39, 0.29) is 17.9 Å². The number of hydrogen-bond donors (Lipinski definition) is 1. The third-order valence-corrected chi connectivity index (χ3v) is 5.69. The molecule has 3 heterocycles. The molecule has 0 bridgehead atoms. The standard InChI is InChI=1S/C18H27N5O2/c24-17-6-3-8-22(17)11-14-10-21-9-7-19-16(21)13-23(12-14)18(25)20-15-4-1-2-5-15/h7,9,14-15H,1-6,8,10-13H2,(H,20,25)/t14-/m0/s1. The zero-order valence-corrected chi connectivity index (χ0v) is 14.7. The molecule has 2 aliphatic heterocycles. The van der Waals surface area contributed by atoms with Crippen LogP contribution in [0, 0.1) is 5.92 Å². The number of carbonyl (C=O) groups is 2. The number of amides is 3. The number of aromatic nitrogens is 2. The lowest BCUT2D eigenvalue weighted by atomic mass is 10.1. The fraction of sp³-hybridized carbons (Fsp3) is 0.722. The van der Waals surface area contributed by atoms with Crippen LogP contribution in [-0.2, 0) is 17.9 Å². The molecule has 0 spiro atoms. The van der Waals surface area contributed by atoms with E-state index in [1.165, 1.54) is 12.8 Å². The van der Waals surface area contributed by atoms with E-state index in [0.29, 0.717) is 25.6 Å². The zero-order valence-electron chi connectivity index (χ0n) is 14.7. The molecule has 7 nitrogen and oxygen atoms in total. The van der Waals surface area contributed by atoms with E-state index in [9.17, 15) is 9.59 Å². The molecule has 1 saturated heterocycles. The summed E-state index contributed by atoms with van der Waals surface area (Å²) in [6.45, 7) is 3.60. The summed E-state index contributed by atoms with van der Waals surface area (Å²) in [5, 5.41) is 3.19. The molecule has 0 radical (unpaired) electrons. The van der Waals surface area contributed by atoms with Crippen molar-refractivity contribution in [3.05, 3.63) is 18.2 Å². The molecule has 1 aliphatic carbocycles. The Morgan fingerprint density at radius 3 is 2.84 bits per heavy atom. The monoisotopic (exact) mass is 345 g/mol. The lowest BCUT2D eigenvalue weighted by Crippen LogP contribution is -2.46. The Hall–Kier alpha value is -2.05. The normalized spacial score (nSPS) is 24.5. The van der Waals surface area contributed by atoms with Crippen molar-refractivity contribution in [2.75, 3.05) is 19.6 Å². The number of imidazole rings is 1. The molecular formula is C18H27N5O2. The molecule has 0 aromatic carbocycles. The van der Waals surface area contributed by atoms with E-state index in [1.807, 2.05) is 16.0 Å². The van der Waals surface area contributed by atoms with Crippen molar-refractivity contribution in [3.8, 4) is 0 Å². The van der Waals surface area contributed by atoms with Gasteiger partial charge in [-0.3, -0.25) is 4.79 Å². The minimum Gasteiger partial charge on any atom is -0.342 e. The summed E-state index contributed by atoms with van der Waals surface area (Å²) in [7, 11) is 0. The Morgan fingerprint density at radius 2 is 2.08 bits per heavy atom. The second-order valence-electron chi connectivity index (χ2n) is 7.62. The first-order valence-corrected chi connectivity index (χ1v) is 9.52. The largest absolute Gasteiger partial charge is 0.342 e. The predicted octanol–water partition coefficient (Wildman–Crippen LogP) is 1.59. The smallest absolute Gasteiger partial charge is 0.318 e. The minimum absolute atomic E-state index is 0.0149. The minimum atomic E-state index is 0.0149. The maximum absolute atomic E-state index is 12.8. The van der Waals surface area contributed by atoms with Gasteiger partial charge in [0.25, 0.3) is 0 Å². The highest BCUT2D eigenvalue weighted by atomic mass is 16.2. The van der Waals surface area contributed by atoms with Gasteiger partial charge < -0.3 is 19.7 Å². The van der Waals surface area contributed by atoms with E-state index in [4.69, 9.17) is 0 Å². The molecule has 1 atom stereocenters. The predicted molar refractivity (Wildman–Crippen MR) is 92.7 cm³/mol. The highest BCUT2D eigenvalue weighted by Gasteiger charge is 2.30. The fourth-order valence-corrected chi connectivity index (χ4v) is 4.36. The van der Waals surface area contributed by atoms with E-state index in [2.05, 4.69) is 14.9 Å². The topological polar surface area (TPSA) is 70.5 Å². The van der Waals surface area contributed by atoms with Gasteiger partial charge in [-0.2, -0.15) is 0 Å². The Morgan fingerprint density at radius 1 is 1.24 bits per heavy atom. The number of urea groups is 1. The highest BCUT2D eigenvalue weighted by molar-refractivity contribution is 5.78. The van der Waals surface area contributed by atoms with Crippen molar-refractivity contribution >= 4 is 11.9 Å². The van der Waals surface area contributed by atoms with Gasteiger partial charge in [0.2, 0.25) is 5.91 Å². The Kier molecular flexibility index (Phi) is 4.63. The molecule has 136 valence electrons. The van der Waals surface area contributed by atoms with Crippen LogP contribution in [0.2, 0.25) is 0 Å². The summed E-state index contributed by atoms with van der Waals surface area (Å²) < 4.78 is 2.13. The van der Waals surface area contributed by atoms with Gasteiger partial charge in [0.05, 0.1) is 6.54 Å². The van der Waals surface area contributed by atoms with Crippen LogP contribution < -0.4 is 5.32 Å². The Labute approximate surface area is 148 Å². The van der Waals surface area contributed by atoms with Gasteiger partial charge in [0, 0.05) is 57.0 Å². The van der Waals surface area contributed by atoms with Gasteiger partial charge in [0.1, 0.15) is 5.82 Å². The molecule has 1 aromatic rings. The summed E-state index contributed by atoms with van der Waals surface area (Å²) in [6.07, 6.45) is 9.96. The van der Waals surface area contributed by atoms with Crippen LogP contribution in [0.1, 0.15) is 44.3 Å². The van der Waals surface area contributed by atoms with E-state index in [1.54, 1.807) is 6.20 Å². The van der Waals surface area contributed by atoms with Crippen LogP contribution in [0.25, 0.3) is 0 Å². The molecule has 7 heteroatoms. The molecule has 3 aliphatic rings. The number of nitrogens with zero attached hydrogens (tertiary/aromatic N) is 4. The molecular weight excluding hydrogens is 318 g/mol. The van der Waals surface area contributed by atoms with Gasteiger partial charge in [-0.25, -0.2) is 9.78 Å². The molecule has 1 aromatic heterocycles. The number of likely N-dealkylation sites (tertiary alicyclic amines) is 1. The zero-order chi connectivity index (χ0) is 17.2. The number of fused-ring (bicyclic) bond motifs is 1. The lowest BCUT2D eigenvalue weighted by Gasteiger charge is -2.28. The van der Waals surface area contributed by atoms with Crippen molar-refractivity contribution < 1.29 is 9.59 Å². The molecule has 25 heavy (non-hydrogen) atoms. The first-order valence-electron chi connectivity index (χ1n) is 9.52. The molecule has 1 saturated carbocycles. The van der Waals surface area contributed by atoms with E-state index < -0.39 is 0 Å². The molecule has 2 fully saturated rings. The van der Waals surface area contributed by atoms with Gasteiger partial charge in [-0.1, -0.05) is 12.8 Å². The van der Waals surface area contributed by atoms with Crippen molar-refractivity contribution in [2.45, 2.75) is 57.7 Å². The van der Waals surface area contributed by atoms with Crippen molar-refractivity contribution in [3.63, 3.8) is 0 Å². The van der Waals surface area contributed by atoms with E-state index in [0.717, 1.165) is 44.7 Å². The van der Waals surface area contributed by atoms with Gasteiger partial charge in [-0.15, -0.1) is 0 Å². The number of hydrogen-bond acceptors (Lipinski definition) is 3. The van der Waals surface area contributed by atoms with Gasteiger partial charge in [-0.05, 0) is 19.3 Å². The lowest BCUT2D eigenvalue weighted by molar-refractivity contribution is -0.128. The van der Waals surface area contributed by atoms with Crippen LogP contribution in [0.5, 0.6) is 0 Å². The van der Waals surface area contributed by atoms with Crippen molar-refractivity contribution in [1.29, 1.82) is 0 Å². The Balaban J connectivity index is 1.46. The quantitative estimate of drug-likeness (QED) is 0.904. The summed E-state index contributed by atoms with van der Waals surface area (Å²) >= 11 is 0. The van der Waals surface area contributed by atoms with Crippen LogP contribution in [0.15, 0.2) is 12.4 Å². The molecule has 4 rings (SSSR count).